The van der Waals surface area contributed by atoms with Gasteiger partial charge in [-0.1, -0.05) is 0 Å². The molecule has 498 valence electrons. The highest BCUT2D eigenvalue weighted by Crippen LogP contribution is 2.30. The number of carbonyl (C=O) groups is 15. The van der Waals surface area contributed by atoms with Gasteiger partial charge in [-0.25, -0.2) is 14.4 Å². The third-order valence-corrected chi connectivity index (χ3v) is 15.4. The molecule has 9 N–H and O–H groups in total. The first-order chi connectivity index (χ1) is 44.0. The summed E-state index contributed by atoms with van der Waals surface area (Å²) < 4.78 is 15.4. The second-order valence-electron chi connectivity index (χ2n) is 23.7. The van der Waals surface area contributed by atoms with E-state index in [9.17, 15) is 87.2 Å². The molecular weight excluding hydrogens is 1220 g/mol. The van der Waals surface area contributed by atoms with Gasteiger partial charge in [0.1, 0.15) is 36.3 Å². The quantitative estimate of drug-likeness (QED) is 0.0544. The number of benzene rings is 3. The zero-order chi connectivity index (χ0) is 68.1. The van der Waals surface area contributed by atoms with Crippen LogP contribution in [0.15, 0.2) is 54.6 Å². The Hall–Kier alpha value is -10.3. The summed E-state index contributed by atoms with van der Waals surface area (Å²) in [6.45, 7) is 9.33. The number of ether oxygens (including phenoxy) is 3. The summed E-state index contributed by atoms with van der Waals surface area (Å²) in [5.41, 5.74) is -2.73. The number of nitrogens with zero attached hydrogens (tertiary/aromatic N) is 3. The van der Waals surface area contributed by atoms with Crippen LogP contribution in [-0.2, 0) is 57.4 Å². The van der Waals surface area contributed by atoms with Crippen molar-refractivity contribution in [2.75, 3.05) is 35.6 Å². The predicted molar refractivity (Wildman–Crippen MR) is 325 cm³/mol. The lowest BCUT2D eigenvalue weighted by atomic mass is 10.0. The predicted octanol–water partition coefficient (Wildman–Crippen LogP) is 3.47. The highest BCUT2D eigenvalue weighted by Gasteiger charge is 2.40. The van der Waals surface area contributed by atoms with Gasteiger partial charge >= 0.3 is 35.8 Å². The molecule has 3 saturated heterocycles. The second-order valence-corrected chi connectivity index (χ2v) is 23.7. The molecule has 3 aromatic rings. The second kappa shape index (κ2) is 31.2. The van der Waals surface area contributed by atoms with Gasteiger partial charge in [-0.2, -0.15) is 0 Å². The van der Waals surface area contributed by atoms with E-state index in [0.29, 0.717) is 0 Å². The summed E-state index contributed by atoms with van der Waals surface area (Å²) in [4.78, 5) is 209. The van der Waals surface area contributed by atoms with E-state index in [2.05, 4.69) is 31.9 Å². The zero-order valence-electron chi connectivity index (χ0n) is 52.0. The molecule has 6 bridgehead atoms. The Bertz CT molecular complexity index is 3140. The van der Waals surface area contributed by atoms with Crippen LogP contribution < -0.4 is 31.9 Å². The van der Waals surface area contributed by atoms with Crippen molar-refractivity contribution < 1.29 is 101 Å². The third kappa shape index (κ3) is 18.7. The fourth-order valence-electron chi connectivity index (χ4n) is 11.1. The highest BCUT2D eigenvalue weighted by molar-refractivity contribution is 6.10. The van der Waals surface area contributed by atoms with Crippen molar-refractivity contribution in [3.8, 4) is 0 Å². The van der Waals surface area contributed by atoms with E-state index in [0.717, 1.165) is 51.1 Å². The molecule has 93 heavy (non-hydrogen) atoms. The minimum absolute atomic E-state index is 0.0378. The first kappa shape index (κ1) is 70.2. The SMILES string of the molecule is CC(C)OC(=O)CC[C@H](NC(=O)c1cc2cc(c1)C(=O)N1CCC[C@H]1C(=O)Nc1cc(C(=O)N[C@@H](CCC(=O)OC(C)C)C(=O)O)cc(c1)C(=O)N1CCC[C@H]1C(=O)Nc1cc(C(=O)N[C@@H](CCC(=O)OC(C)C)C(=O)O)cc(c1)C(=O)N1CCC[C@H]1C(=O)N2)C(=O)O. The first-order valence-electron chi connectivity index (χ1n) is 30.5. The number of fused-ring (bicyclic) bond motifs is 9. The smallest absolute Gasteiger partial charge is 0.326 e. The van der Waals surface area contributed by atoms with Crippen molar-refractivity contribution in [2.24, 2.45) is 0 Å². The largest absolute Gasteiger partial charge is 0.480 e. The molecule has 0 aliphatic carbocycles. The van der Waals surface area contributed by atoms with Crippen LogP contribution in [0.2, 0.25) is 0 Å². The number of carboxylic acid groups (broad SMARTS) is 3. The van der Waals surface area contributed by atoms with E-state index < -0.39 is 182 Å². The first-order valence-corrected chi connectivity index (χ1v) is 30.5. The molecule has 3 aromatic carbocycles. The summed E-state index contributed by atoms with van der Waals surface area (Å²) in [6, 6.07) is 1.23. The zero-order valence-corrected chi connectivity index (χ0v) is 52.0. The lowest BCUT2D eigenvalue weighted by Crippen LogP contribution is -2.45. The van der Waals surface area contributed by atoms with Crippen molar-refractivity contribution in [3.63, 3.8) is 0 Å². The molecule has 0 aromatic heterocycles. The van der Waals surface area contributed by atoms with E-state index in [-0.39, 0.29) is 109 Å². The number of amides is 9. The fraction of sp³-hybridized carbons (Fsp3) is 0.476. The average molecular weight is 1290 g/mol. The number of nitrogens with one attached hydrogen (secondary N) is 6. The summed E-state index contributed by atoms with van der Waals surface area (Å²) in [5, 5.41) is 45.4. The van der Waals surface area contributed by atoms with Crippen molar-refractivity contribution in [1.82, 2.24) is 30.7 Å². The van der Waals surface area contributed by atoms with Gasteiger partial charge in [0.05, 0.1) is 18.3 Å². The van der Waals surface area contributed by atoms with Crippen LogP contribution in [0.1, 0.15) is 181 Å². The topological polar surface area (TPSA) is 426 Å². The molecule has 0 radical (unpaired) electrons. The van der Waals surface area contributed by atoms with E-state index in [1.165, 1.54) is 18.2 Å². The highest BCUT2D eigenvalue weighted by atomic mass is 16.6. The lowest BCUT2D eigenvalue weighted by Gasteiger charge is -2.27. The fourth-order valence-corrected chi connectivity index (χ4v) is 11.1. The minimum Gasteiger partial charge on any atom is -0.480 e. The molecule has 30 nitrogen and oxygen atoms in total. The van der Waals surface area contributed by atoms with Crippen LogP contribution in [0.3, 0.4) is 0 Å². The Balaban J connectivity index is 1.33. The maximum atomic E-state index is 14.9. The van der Waals surface area contributed by atoms with Gasteiger partial charge in [0, 0.05) is 89.3 Å². The maximum Gasteiger partial charge on any atom is 0.326 e. The molecule has 0 spiro atoms. The van der Waals surface area contributed by atoms with Gasteiger partial charge in [-0.15, -0.1) is 0 Å². The Morgan fingerprint density at radius 2 is 0.667 bits per heavy atom. The van der Waals surface area contributed by atoms with Gasteiger partial charge in [0.15, 0.2) is 0 Å². The molecule has 4 heterocycles. The molecule has 4 aliphatic heterocycles. The number of hydrogen-bond donors (Lipinski definition) is 9. The summed E-state index contributed by atoms with van der Waals surface area (Å²) in [6.07, 6.45) is -3.29. The maximum absolute atomic E-state index is 14.9. The number of aliphatic carboxylic acids is 3. The van der Waals surface area contributed by atoms with E-state index in [1.807, 2.05) is 0 Å². The van der Waals surface area contributed by atoms with Crippen molar-refractivity contribution >= 4 is 106 Å². The van der Waals surface area contributed by atoms with Crippen molar-refractivity contribution in [1.29, 1.82) is 0 Å². The molecule has 3 fully saturated rings. The number of hydrogen-bond acceptors (Lipinski definition) is 18. The summed E-state index contributed by atoms with van der Waals surface area (Å²) >= 11 is 0. The van der Waals surface area contributed by atoms with E-state index in [1.54, 1.807) is 41.5 Å². The number of carbonyl (C=O) groups excluding carboxylic acids is 12. The molecule has 0 unspecified atom stereocenters. The summed E-state index contributed by atoms with van der Waals surface area (Å²) in [7, 11) is 0. The van der Waals surface area contributed by atoms with Gasteiger partial charge in [0.25, 0.3) is 35.4 Å². The van der Waals surface area contributed by atoms with Crippen LogP contribution in [0.4, 0.5) is 17.1 Å². The van der Waals surface area contributed by atoms with Crippen molar-refractivity contribution in [2.45, 2.75) is 173 Å². The van der Waals surface area contributed by atoms with Gasteiger partial charge in [-0.3, -0.25) is 57.5 Å². The van der Waals surface area contributed by atoms with Crippen LogP contribution in [-0.4, -0.2) is 193 Å². The molecule has 7 rings (SSSR count). The van der Waals surface area contributed by atoms with E-state index in [4.69, 9.17) is 14.2 Å². The number of anilines is 3. The Morgan fingerprint density at radius 1 is 0.419 bits per heavy atom. The Labute approximate surface area is 533 Å². The standard InChI is InChI=1S/C63H75N9O21/c1-31(2)91-49(73)16-13-43(61(85)86)67-52(76)34-22-37-28-40(25-34)64-55(79)46-10-8-20-71(46)59(83)38-23-35(53(77)68-44(62(87)88)14-17-50(74)92-32(3)4)27-42(29-38)66-57(81)48-12-9-21-72(48)60(84)39-24-36(54(78)69-45(63(89)90)15-18-51(75)93-33(5)6)26-41(30-39)65-56(80)47-11-7-19-70(47)58(37)82/h22-33,43-48H,7-21H2,1-6H3,(H,64,79)(H,65,80)(H,66,81)(H,67,76)(H,68,77)(H,69,78)(H,85,86)(H,87,88)(H,89,90)/t43-,44-,45-,46-,47-,48-/m0/s1. The normalized spacial score (nSPS) is 18.5. The molecule has 9 amide bonds. The van der Waals surface area contributed by atoms with E-state index >= 15 is 0 Å². The van der Waals surface area contributed by atoms with Gasteiger partial charge in [-0.05, 0) is 154 Å². The monoisotopic (exact) mass is 1290 g/mol. The summed E-state index contributed by atoms with van der Waals surface area (Å²) in [5.74, 6) is -15.3. The number of carboxylic acids is 3. The lowest BCUT2D eigenvalue weighted by molar-refractivity contribution is -0.149. The number of esters is 3. The average Bonchev–Trinajstić information content (AvgIpc) is 1.80. The number of rotatable bonds is 21. The molecule has 0 saturated carbocycles. The molecule has 6 atom stereocenters. The molecule has 4 aliphatic rings. The van der Waals surface area contributed by atoms with Crippen molar-refractivity contribution in [3.05, 3.63) is 88.0 Å². The molecular formula is C63H75N9O21. The van der Waals surface area contributed by atoms with Crippen LogP contribution in [0.5, 0.6) is 0 Å². The van der Waals surface area contributed by atoms with Crippen LogP contribution >= 0.6 is 0 Å². The van der Waals surface area contributed by atoms with Gasteiger partial charge in [0.2, 0.25) is 17.7 Å². The minimum atomic E-state index is -1.68. The Morgan fingerprint density at radius 3 is 0.892 bits per heavy atom. The van der Waals surface area contributed by atoms with Crippen LogP contribution in [0.25, 0.3) is 0 Å². The third-order valence-electron chi connectivity index (χ3n) is 15.4. The Kier molecular flexibility index (Phi) is 23.5. The van der Waals surface area contributed by atoms with Gasteiger partial charge < -0.3 is 76.1 Å². The van der Waals surface area contributed by atoms with Crippen LogP contribution in [0, 0.1) is 0 Å². The molecule has 30 heteroatoms.